The van der Waals surface area contributed by atoms with Gasteiger partial charge in [-0.3, -0.25) is 4.79 Å². The van der Waals surface area contributed by atoms with E-state index in [1.165, 1.54) is 12.1 Å². The number of H-pyrrole nitrogens is 1. The number of aromatic amines is 1. The number of fused-ring (bicyclic) bond motifs is 1. The van der Waals surface area contributed by atoms with E-state index >= 15 is 0 Å². The van der Waals surface area contributed by atoms with Crippen molar-refractivity contribution in [1.29, 1.82) is 0 Å². The molecule has 0 saturated carbocycles. The first-order valence-electron chi connectivity index (χ1n) is 9.85. The molecule has 4 aromatic rings. The normalized spacial score (nSPS) is 11.9. The summed E-state index contributed by atoms with van der Waals surface area (Å²) in [4.78, 5) is 16.1. The number of benzene rings is 3. The Balaban J connectivity index is 1.60. The van der Waals surface area contributed by atoms with E-state index in [0.29, 0.717) is 6.54 Å². The number of hydrogen-bond acceptors (Lipinski definition) is 2. The van der Waals surface area contributed by atoms with Gasteiger partial charge in [-0.15, -0.1) is 0 Å². The van der Waals surface area contributed by atoms with Crippen LogP contribution in [0.5, 0.6) is 5.75 Å². The summed E-state index contributed by atoms with van der Waals surface area (Å²) in [6.07, 6.45) is 2.26. The lowest BCUT2D eigenvalue weighted by molar-refractivity contribution is -0.121. The molecule has 5 heteroatoms. The average molecular weight is 402 g/mol. The summed E-state index contributed by atoms with van der Waals surface area (Å²) in [5.74, 6) is 0.258. The minimum atomic E-state index is -0.289. The molecule has 4 nitrogen and oxygen atoms in total. The summed E-state index contributed by atoms with van der Waals surface area (Å²) in [7, 11) is 1.63. The zero-order valence-corrected chi connectivity index (χ0v) is 16.7. The number of carbonyl (C=O) groups is 1. The molecule has 0 bridgehead atoms. The highest BCUT2D eigenvalue weighted by Gasteiger charge is 2.22. The lowest BCUT2D eigenvalue weighted by Crippen LogP contribution is -2.25. The second-order valence-corrected chi connectivity index (χ2v) is 7.23. The first kappa shape index (κ1) is 19.7. The number of halogens is 1. The molecule has 1 heterocycles. The zero-order chi connectivity index (χ0) is 20.9. The molecule has 0 aliphatic heterocycles. The van der Waals surface area contributed by atoms with Gasteiger partial charge in [-0.2, -0.15) is 0 Å². The summed E-state index contributed by atoms with van der Waals surface area (Å²) in [6, 6.07) is 22.0. The van der Waals surface area contributed by atoms with Crippen molar-refractivity contribution in [1.82, 2.24) is 10.3 Å². The number of nitrogens with one attached hydrogen (secondary N) is 2. The van der Waals surface area contributed by atoms with Gasteiger partial charge < -0.3 is 15.0 Å². The Morgan fingerprint density at radius 1 is 1.07 bits per heavy atom. The second kappa shape index (κ2) is 8.82. The molecule has 3 aromatic carbocycles. The number of ether oxygens (including phenoxy) is 1. The summed E-state index contributed by atoms with van der Waals surface area (Å²) in [5.41, 5.74) is 3.97. The van der Waals surface area contributed by atoms with Crippen LogP contribution in [0.25, 0.3) is 10.9 Å². The maximum absolute atomic E-state index is 13.1. The van der Waals surface area contributed by atoms with Crippen LogP contribution in [0.15, 0.2) is 79.0 Å². The summed E-state index contributed by atoms with van der Waals surface area (Å²) < 4.78 is 18.5. The van der Waals surface area contributed by atoms with Crippen molar-refractivity contribution in [2.45, 2.75) is 18.9 Å². The van der Waals surface area contributed by atoms with Gasteiger partial charge in [-0.25, -0.2) is 4.39 Å². The first-order valence-corrected chi connectivity index (χ1v) is 9.85. The van der Waals surface area contributed by atoms with Gasteiger partial charge >= 0.3 is 0 Å². The molecular formula is C25H23FN2O2. The van der Waals surface area contributed by atoms with E-state index in [9.17, 15) is 9.18 Å². The van der Waals surface area contributed by atoms with Gasteiger partial charge in [0.05, 0.1) is 7.11 Å². The number of para-hydroxylation sites is 1. The maximum atomic E-state index is 13.1. The molecule has 0 radical (unpaired) electrons. The number of hydrogen-bond donors (Lipinski definition) is 2. The minimum absolute atomic E-state index is 0.0718. The molecule has 0 aliphatic rings. The van der Waals surface area contributed by atoms with Crippen LogP contribution < -0.4 is 10.1 Å². The fourth-order valence-corrected chi connectivity index (χ4v) is 3.71. The molecule has 30 heavy (non-hydrogen) atoms. The lowest BCUT2D eigenvalue weighted by Gasteiger charge is -2.18. The largest absolute Gasteiger partial charge is 0.497 e. The van der Waals surface area contributed by atoms with Crippen LogP contribution in [0.2, 0.25) is 0 Å². The average Bonchev–Trinajstić information content (AvgIpc) is 3.21. The van der Waals surface area contributed by atoms with Gasteiger partial charge in [0.2, 0.25) is 5.91 Å². The highest BCUT2D eigenvalue weighted by molar-refractivity contribution is 5.86. The quantitative estimate of drug-likeness (QED) is 0.449. The monoisotopic (exact) mass is 402 g/mol. The van der Waals surface area contributed by atoms with Crippen molar-refractivity contribution >= 4 is 16.8 Å². The molecule has 2 N–H and O–H groups in total. The SMILES string of the molecule is COc1cccc([C@@H](CC(=O)NCc2ccc(F)cc2)c2c[nH]c3ccccc23)c1. The number of rotatable bonds is 7. The van der Waals surface area contributed by atoms with Crippen LogP contribution in [0.1, 0.15) is 29.0 Å². The van der Waals surface area contributed by atoms with Gasteiger partial charge in [-0.05, 0) is 47.0 Å². The summed E-state index contributed by atoms with van der Waals surface area (Å²) in [6.45, 7) is 0.359. The topological polar surface area (TPSA) is 54.1 Å². The number of methoxy groups -OCH3 is 1. The molecule has 0 spiro atoms. The Labute approximate surface area is 174 Å². The fraction of sp³-hybridized carbons (Fsp3) is 0.160. The molecule has 1 amide bonds. The van der Waals surface area contributed by atoms with Crippen molar-refractivity contribution in [3.05, 3.63) is 102 Å². The van der Waals surface area contributed by atoms with E-state index in [0.717, 1.165) is 33.3 Å². The third kappa shape index (κ3) is 4.35. The Morgan fingerprint density at radius 3 is 2.67 bits per heavy atom. The highest BCUT2D eigenvalue weighted by Crippen LogP contribution is 2.34. The zero-order valence-electron chi connectivity index (χ0n) is 16.7. The number of aromatic nitrogens is 1. The third-order valence-corrected chi connectivity index (χ3v) is 5.29. The molecule has 1 atom stereocenters. The first-order chi connectivity index (χ1) is 14.6. The van der Waals surface area contributed by atoms with Crippen molar-refractivity contribution in [3.63, 3.8) is 0 Å². The standard InChI is InChI=1S/C25H23FN2O2/c1-30-20-6-4-5-18(13-20)22(23-16-27-24-8-3-2-7-21(23)24)14-25(29)28-15-17-9-11-19(26)12-10-17/h2-13,16,22,27H,14-15H2,1H3,(H,28,29)/t22-/m1/s1. The molecule has 0 fully saturated rings. The van der Waals surface area contributed by atoms with E-state index in [1.807, 2.05) is 48.7 Å². The minimum Gasteiger partial charge on any atom is -0.497 e. The number of carbonyl (C=O) groups excluding carboxylic acids is 1. The smallest absolute Gasteiger partial charge is 0.221 e. The lowest BCUT2D eigenvalue weighted by atomic mass is 9.88. The van der Waals surface area contributed by atoms with Crippen LogP contribution >= 0.6 is 0 Å². The second-order valence-electron chi connectivity index (χ2n) is 7.23. The molecule has 0 aliphatic carbocycles. The van der Waals surface area contributed by atoms with Crippen molar-refractivity contribution in [3.8, 4) is 5.75 Å². The van der Waals surface area contributed by atoms with Crippen LogP contribution in [-0.2, 0) is 11.3 Å². The van der Waals surface area contributed by atoms with Gasteiger partial charge in [0, 0.05) is 36.0 Å². The van der Waals surface area contributed by atoms with Gasteiger partial charge in [0.25, 0.3) is 0 Å². The Hall–Kier alpha value is -3.60. The Morgan fingerprint density at radius 2 is 1.87 bits per heavy atom. The Bertz CT molecular complexity index is 1150. The summed E-state index contributed by atoms with van der Waals surface area (Å²) >= 11 is 0. The molecule has 4 rings (SSSR count). The highest BCUT2D eigenvalue weighted by atomic mass is 19.1. The van der Waals surface area contributed by atoms with E-state index in [1.54, 1.807) is 19.2 Å². The van der Waals surface area contributed by atoms with Gasteiger partial charge in [0.1, 0.15) is 11.6 Å². The van der Waals surface area contributed by atoms with Crippen LogP contribution in [0, 0.1) is 5.82 Å². The van der Waals surface area contributed by atoms with Gasteiger partial charge in [0.15, 0.2) is 0 Å². The van der Waals surface area contributed by atoms with Crippen LogP contribution in [0.4, 0.5) is 4.39 Å². The van der Waals surface area contributed by atoms with E-state index in [-0.39, 0.29) is 24.1 Å². The molecule has 0 saturated heterocycles. The molecule has 0 unspecified atom stereocenters. The van der Waals surface area contributed by atoms with Crippen LogP contribution in [0.3, 0.4) is 0 Å². The van der Waals surface area contributed by atoms with Crippen LogP contribution in [-0.4, -0.2) is 18.0 Å². The third-order valence-electron chi connectivity index (χ3n) is 5.29. The van der Waals surface area contributed by atoms with Gasteiger partial charge in [-0.1, -0.05) is 42.5 Å². The molecular weight excluding hydrogens is 379 g/mol. The van der Waals surface area contributed by atoms with E-state index in [2.05, 4.69) is 16.4 Å². The summed E-state index contributed by atoms with van der Waals surface area (Å²) in [5, 5.41) is 4.05. The van der Waals surface area contributed by atoms with Crippen molar-refractivity contribution in [2.75, 3.05) is 7.11 Å². The predicted molar refractivity (Wildman–Crippen MR) is 116 cm³/mol. The molecule has 1 aromatic heterocycles. The number of amides is 1. The van der Waals surface area contributed by atoms with Crippen molar-refractivity contribution in [2.24, 2.45) is 0 Å². The Kier molecular flexibility index (Phi) is 5.80. The van der Waals surface area contributed by atoms with E-state index in [4.69, 9.17) is 4.74 Å². The maximum Gasteiger partial charge on any atom is 0.221 e. The van der Waals surface area contributed by atoms with E-state index < -0.39 is 0 Å². The fourth-order valence-electron chi connectivity index (χ4n) is 3.71. The predicted octanol–water partition coefficient (Wildman–Crippen LogP) is 5.15. The molecule has 152 valence electrons. The van der Waals surface area contributed by atoms with Crippen molar-refractivity contribution < 1.29 is 13.9 Å².